The largest absolute Gasteiger partial charge is 0.344 e. The summed E-state index contributed by atoms with van der Waals surface area (Å²) < 4.78 is 13.9. The number of hydrogen-bond acceptors (Lipinski definition) is 6. The molecule has 118 valence electrons. The molecular formula is C15H12FN3OS3. The van der Waals surface area contributed by atoms with Gasteiger partial charge in [-0.15, -0.1) is 21.5 Å². The van der Waals surface area contributed by atoms with E-state index in [0.29, 0.717) is 0 Å². The topological polar surface area (TPSA) is 54.9 Å². The molecule has 8 heteroatoms. The van der Waals surface area contributed by atoms with E-state index < -0.39 is 0 Å². The van der Waals surface area contributed by atoms with Gasteiger partial charge in [-0.3, -0.25) is 4.79 Å². The Labute approximate surface area is 144 Å². The third-order valence-electron chi connectivity index (χ3n) is 3.00. The molecule has 2 heterocycles. The lowest BCUT2D eigenvalue weighted by Gasteiger charge is -2.18. The van der Waals surface area contributed by atoms with Crippen molar-refractivity contribution in [2.45, 2.75) is 10.4 Å². The van der Waals surface area contributed by atoms with Crippen molar-refractivity contribution in [1.29, 1.82) is 0 Å². The van der Waals surface area contributed by atoms with Crippen LogP contribution in [0.1, 0.15) is 16.5 Å². The van der Waals surface area contributed by atoms with Crippen LogP contribution < -0.4 is 5.32 Å². The number of amides is 1. The zero-order valence-electron chi connectivity index (χ0n) is 11.8. The monoisotopic (exact) mass is 365 g/mol. The number of nitrogens with one attached hydrogen (secondary N) is 1. The van der Waals surface area contributed by atoms with Crippen molar-refractivity contribution < 1.29 is 9.18 Å². The minimum Gasteiger partial charge on any atom is -0.344 e. The van der Waals surface area contributed by atoms with Gasteiger partial charge in [-0.1, -0.05) is 41.3 Å². The molecule has 23 heavy (non-hydrogen) atoms. The van der Waals surface area contributed by atoms with Gasteiger partial charge in [0.1, 0.15) is 11.3 Å². The first kappa shape index (κ1) is 16.1. The van der Waals surface area contributed by atoms with Gasteiger partial charge in [0, 0.05) is 4.88 Å². The smallest absolute Gasteiger partial charge is 0.231 e. The van der Waals surface area contributed by atoms with Gasteiger partial charge in [-0.05, 0) is 29.1 Å². The summed E-state index contributed by atoms with van der Waals surface area (Å²) in [7, 11) is 0. The molecule has 0 aliphatic heterocycles. The highest BCUT2D eigenvalue weighted by Gasteiger charge is 2.18. The van der Waals surface area contributed by atoms with Crippen molar-refractivity contribution in [1.82, 2.24) is 15.5 Å². The minimum absolute atomic E-state index is 0.104. The molecule has 1 aromatic carbocycles. The normalized spacial score (nSPS) is 12.0. The van der Waals surface area contributed by atoms with Crippen LogP contribution in [0.25, 0.3) is 0 Å². The van der Waals surface area contributed by atoms with Crippen molar-refractivity contribution in [3.8, 4) is 0 Å². The van der Waals surface area contributed by atoms with E-state index in [0.717, 1.165) is 14.8 Å². The van der Waals surface area contributed by atoms with Crippen molar-refractivity contribution in [3.63, 3.8) is 0 Å². The van der Waals surface area contributed by atoms with Crippen molar-refractivity contribution in [2.24, 2.45) is 0 Å². The molecule has 0 spiro atoms. The van der Waals surface area contributed by atoms with E-state index in [1.54, 1.807) is 29.0 Å². The second-order valence-corrected chi connectivity index (χ2v) is 7.60. The summed E-state index contributed by atoms with van der Waals surface area (Å²) in [5.41, 5.74) is 2.48. The van der Waals surface area contributed by atoms with Gasteiger partial charge in [0.15, 0.2) is 4.34 Å². The molecule has 1 atom stereocenters. The summed E-state index contributed by atoms with van der Waals surface area (Å²) in [5, 5.41) is 12.6. The van der Waals surface area contributed by atoms with E-state index in [-0.39, 0.29) is 23.5 Å². The van der Waals surface area contributed by atoms with Crippen LogP contribution in [0.15, 0.2) is 51.6 Å². The maximum atomic E-state index is 13.1. The lowest BCUT2D eigenvalue weighted by molar-refractivity contribution is -0.119. The zero-order valence-corrected chi connectivity index (χ0v) is 14.3. The van der Waals surface area contributed by atoms with Crippen LogP contribution in [-0.2, 0) is 4.79 Å². The van der Waals surface area contributed by atoms with E-state index in [2.05, 4.69) is 15.5 Å². The molecule has 3 aromatic rings. The molecule has 0 radical (unpaired) electrons. The molecule has 0 fully saturated rings. The summed E-state index contributed by atoms with van der Waals surface area (Å²) >= 11 is 4.30. The first-order chi connectivity index (χ1) is 11.2. The molecule has 1 amide bonds. The van der Waals surface area contributed by atoms with Gasteiger partial charge in [0.05, 0.1) is 11.8 Å². The van der Waals surface area contributed by atoms with Crippen molar-refractivity contribution >= 4 is 40.3 Å². The molecule has 1 unspecified atom stereocenters. The van der Waals surface area contributed by atoms with Crippen LogP contribution in [0.3, 0.4) is 0 Å². The molecule has 0 bridgehead atoms. The summed E-state index contributed by atoms with van der Waals surface area (Å²) in [5.74, 6) is -0.136. The van der Waals surface area contributed by atoms with Crippen LogP contribution in [0, 0.1) is 5.82 Å². The van der Waals surface area contributed by atoms with E-state index in [9.17, 15) is 9.18 Å². The van der Waals surface area contributed by atoms with Crippen molar-refractivity contribution in [3.05, 3.63) is 63.5 Å². The third-order valence-corrected chi connectivity index (χ3v) is 5.80. The van der Waals surface area contributed by atoms with Crippen LogP contribution >= 0.6 is 34.4 Å². The highest BCUT2D eigenvalue weighted by molar-refractivity contribution is 8.01. The Morgan fingerprint density at radius 2 is 2.09 bits per heavy atom. The molecule has 3 rings (SSSR count). The first-order valence-corrected chi connectivity index (χ1v) is 9.44. The summed E-state index contributed by atoms with van der Waals surface area (Å²) in [4.78, 5) is 13.2. The molecule has 2 aromatic heterocycles. The lowest BCUT2D eigenvalue weighted by atomic mass is 10.1. The number of benzene rings is 1. The standard InChI is InChI=1S/C15H12FN3OS3/c16-11-5-3-10(4-6-11)14(12-2-1-7-21-12)18-13(20)8-22-15-19-17-9-23-15/h1-7,9,14H,8H2,(H,18,20). The average Bonchev–Trinajstić information content (AvgIpc) is 3.25. The Hall–Kier alpha value is -1.77. The van der Waals surface area contributed by atoms with Crippen molar-refractivity contribution in [2.75, 3.05) is 5.75 Å². The number of thiophene rings is 1. The van der Waals surface area contributed by atoms with Gasteiger partial charge in [0.25, 0.3) is 0 Å². The SMILES string of the molecule is O=C(CSc1nncs1)NC(c1ccc(F)cc1)c1cccs1. The Morgan fingerprint density at radius 3 is 2.74 bits per heavy atom. The minimum atomic E-state index is -0.295. The summed E-state index contributed by atoms with van der Waals surface area (Å²) in [6.45, 7) is 0. The van der Waals surface area contributed by atoms with Crippen LogP contribution in [0.2, 0.25) is 0 Å². The van der Waals surface area contributed by atoms with E-state index in [1.165, 1.54) is 35.2 Å². The Balaban J connectivity index is 1.71. The number of rotatable bonds is 6. The highest BCUT2D eigenvalue weighted by atomic mass is 32.2. The fraction of sp³-hybridized carbons (Fsp3) is 0.133. The lowest BCUT2D eigenvalue weighted by Crippen LogP contribution is -2.30. The second kappa shape index (κ2) is 7.67. The zero-order chi connectivity index (χ0) is 16.1. The number of carbonyl (C=O) groups is 1. The van der Waals surface area contributed by atoms with Gasteiger partial charge in [-0.25, -0.2) is 4.39 Å². The fourth-order valence-electron chi connectivity index (χ4n) is 1.99. The average molecular weight is 365 g/mol. The number of thioether (sulfide) groups is 1. The second-order valence-electron chi connectivity index (χ2n) is 4.56. The predicted octanol–water partition coefficient (Wildman–Crippen LogP) is 3.74. The molecule has 0 saturated carbocycles. The molecule has 0 aliphatic rings. The quantitative estimate of drug-likeness (QED) is 0.676. The Morgan fingerprint density at radius 1 is 1.26 bits per heavy atom. The van der Waals surface area contributed by atoms with Gasteiger partial charge < -0.3 is 5.32 Å². The number of halogens is 1. The van der Waals surface area contributed by atoms with Crippen LogP contribution in [0.4, 0.5) is 4.39 Å². The Kier molecular flexibility index (Phi) is 5.37. The van der Waals surface area contributed by atoms with Crippen LogP contribution in [-0.4, -0.2) is 21.9 Å². The van der Waals surface area contributed by atoms with E-state index in [4.69, 9.17) is 0 Å². The van der Waals surface area contributed by atoms with E-state index in [1.807, 2.05) is 17.5 Å². The Bertz CT molecular complexity index is 745. The molecule has 4 nitrogen and oxygen atoms in total. The summed E-state index contributed by atoms with van der Waals surface area (Å²) in [6.07, 6.45) is 0. The molecule has 0 saturated heterocycles. The molecule has 1 N–H and O–H groups in total. The number of nitrogens with zero attached hydrogens (tertiary/aromatic N) is 2. The van der Waals surface area contributed by atoms with Gasteiger partial charge >= 0.3 is 0 Å². The number of carbonyl (C=O) groups excluding carboxylic acids is 1. The fourth-order valence-corrected chi connectivity index (χ4v) is 4.09. The molecular weight excluding hydrogens is 353 g/mol. The predicted molar refractivity (Wildman–Crippen MR) is 91.3 cm³/mol. The number of aromatic nitrogens is 2. The van der Waals surface area contributed by atoms with Gasteiger partial charge in [0.2, 0.25) is 5.91 Å². The first-order valence-electron chi connectivity index (χ1n) is 6.69. The third kappa shape index (κ3) is 4.37. The van der Waals surface area contributed by atoms with Crippen LogP contribution in [0.5, 0.6) is 0 Å². The highest BCUT2D eigenvalue weighted by Crippen LogP contribution is 2.27. The number of hydrogen-bond donors (Lipinski definition) is 1. The van der Waals surface area contributed by atoms with Gasteiger partial charge in [-0.2, -0.15) is 0 Å². The summed E-state index contributed by atoms with van der Waals surface area (Å²) in [6, 6.07) is 9.79. The van der Waals surface area contributed by atoms with E-state index >= 15 is 0 Å². The molecule has 0 aliphatic carbocycles. The maximum absolute atomic E-state index is 13.1. The maximum Gasteiger partial charge on any atom is 0.231 e.